The Bertz CT molecular complexity index is 1490. The summed E-state index contributed by atoms with van der Waals surface area (Å²) < 4.78 is 0. The third kappa shape index (κ3) is 5.85. The third-order valence-electron chi connectivity index (χ3n) is 8.23. The number of fused-ring (bicyclic) bond motifs is 1. The molecule has 1 saturated heterocycles. The van der Waals surface area contributed by atoms with Crippen LogP contribution in [0.3, 0.4) is 0 Å². The van der Waals surface area contributed by atoms with E-state index in [1.54, 1.807) is 22.3 Å². The summed E-state index contributed by atoms with van der Waals surface area (Å²) in [7, 11) is 0. The number of amides is 3. The highest BCUT2D eigenvalue weighted by Crippen LogP contribution is 2.35. The molecule has 1 fully saturated rings. The van der Waals surface area contributed by atoms with E-state index in [0.717, 1.165) is 34.5 Å². The monoisotopic (exact) mass is 588 g/mol. The first-order valence-corrected chi connectivity index (χ1v) is 15.5. The summed E-state index contributed by atoms with van der Waals surface area (Å²) in [5.41, 5.74) is 7.15. The van der Waals surface area contributed by atoms with Gasteiger partial charge < -0.3 is 20.2 Å². The lowest BCUT2D eigenvalue weighted by molar-refractivity contribution is -0.145. The lowest BCUT2D eigenvalue weighted by Gasteiger charge is -2.40. The predicted octanol–water partition coefficient (Wildman–Crippen LogP) is 4.72. The fourth-order valence-corrected chi connectivity index (χ4v) is 7.11. The van der Waals surface area contributed by atoms with E-state index in [0.29, 0.717) is 18.7 Å². The van der Waals surface area contributed by atoms with Crippen molar-refractivity contribution in [3.63, 3.8) is 0 Å². The number of nitrogens with one attached hydrogen (secondary N) is 1. The second kappa shape index (κ2) is 12.0. The normalized spacial score (nSPS) is 19.2. The smallest absolute Gasteiger partial charge is 0.255 e. The Hall–Kier alpha value is -3.56. The molecule has 2 aliphatic rings. The van der Waals surface area contributed by atoms with Crippen molar-refractivity contribution in [1.82, 2.24) is 20.1 Å². The minimum Gasteiger partial charge on any atom is -0.391 e. The van der Waals surface area contributed by atoms with E-state index in [9.17, 15) is 19.5 Å². The summed E-state index contributed by atoms with van der Waals surface area (Å²) in [6.45, 7) is 10.7. The minimum absolute atomic E-state index is 0.0576. The zero-order chi connectivity index (χ0) is 30.2. The zero-order valence-electron chi connectivity index (χ0n) is 25.0. The van der Waals surface area contributed by atoms with Crippen LogP contribution in [0.25, 0.3) is 10.4 Å². The van der Waals surface area contributed by atoms with E-state index < -0.39 is 23.6 Å². The number of aryl methyl sites for hydroxylation is 2. The summed E-state index contributed by atoms with van der Waals surface area (Å²) in [5.74, 6) is -0.794. The topological polar surface area (TPSA) is 103 Å². The third-order valence-corrected chi connectivity index (χ3v) is 9.19. The molecule has 0 bridgehead atoms. The Morgan fingerprint density at radius 3 is 2.60 bits per heavy atom. The first-order chi connectivity index (χ1) is 20.0. The molecule has 3 aromatic rings. The Morgan fingerprint density at radius 1 is 1.17 bits per heavy atom. The maximum atomic E-state index is 14.1. The van der Waals surface area contributed by atoms with Crippen LogP contribution in [0.15, 0.2) is 48.0 Å². The number of nitrogens with zero attached hydrogens (tertiary/aromatic N) is 3. The number of aliphatic hydroxyl groups is 1. The molecule has 2 aliphatic heterocycles. The number of likely N-dealkylation sites (tertiary alicyclic amines) is 1. The molecule has 0 radical (unpaired) electrons. The number of benzene rings is 2. The standard InChI is InChI=1S/C33H40N4O4S/c1-6-9-22-14-21(12-13-25(22)28-20(2)35-19-42-28)16-34-30(39)27-15-24(38)18-36(27)32(41)29(33(3,4)5)37-17-23-10-7-8-11-26(23)31(37)40/h7-8,10-14,19,24,27,29,38H,6,9,15-18H2,1-5H3,(H,34,39). The minimum atomic E-state index is -0.813. The Balaban J connectivity index is 1.33. The molecule has 3 amide bonds. The van der Waals surface area contributed by atoms with Gasteiger partial charge in [0.05, 0.1) is 22.2 Å². The Kier molecular flexibility index (Phi) is 8.53. The lowest BCUT2D eigenvalue weighted by Crippen LogP contribution is -2.57. The Labute approximate surface area is 251 Å². The average molecular weight is 589 g/mol. The lowest BCUT2D eigenvalue weighted by atomic mass is 9.84. The van der Waals surface area contributed by atoms with Crippen molar-refractivity contribution in [3.05, 3.63) is 75.9 Å². The number of hydrogen-bond acceptors (Lipinski definition) is 6. The first kappa shape index (κ1) is 29.9. The average Bonchev–Trinajstić information content (AvgIpc) is 3.64. The van der Waals surface area contributed by atoms with Gasteiger partial charge in [0, 0.05) is 31.6 Å². The summed E-state index contributed by atoms with van der Waals surface area (Å²) in [6, 6.07) is 12.1. The van der Waals surface area contributed by atoms with E-state index in [1.807, 2.05) is 57.5 Å². The van der Waals surface area contributed by atoms with Crippen LogP contribution in [0.4, 0.5) is 0 Å². The summed E-state index contributed by atoms with van der Waals surface area (Å²) in [4.78, 5) is 49.7. The van der Waals surface area contributed by atoms with E-state index >= 15 is 0 Å². The second-order valence-electron chi connectivity index (χ2n) is 12.5. The summed E-state index contributed by atoms with van der Waals surface area (Å²) in [5, 5.41) is 13.6. The van der Waals surface area contributed by atoms with Crippen LogP contribution in [0.1, 0.15) is 73.3 Å². The maximum Gasteiger partial charge on any atom is 0.255 e. The number of thiazole rings is 1. The van der Waals surface area contributed by atoms with Gasteiger partial charge in [-0.25, -0.2) is 4.98 Å². The summed E-state index contributed by atoms with van der Waals surface area (Å²) in [6.07, 6.45) is 1.26. The molecule has 3 atom stereocenters. The van der Waals surface area contributed by atoms with Gasteiger partial charge in [0.1, 0.15) is 12.1 Å². The fourth-order valence-electron chi connectivity index (χ4n) is 6.24. The van der Waals surface area contributed by atoms with Crippen molar-refractivity contribution in [2.75, 3.05) is 6.54 Å². The predicted molar refractivity (Wildman–Crippen MR) is 164 cm³/mol. The van der Waals surface area contributed by atoms with E-state index in [4.69, 9.17) is 0 Å². The molecular weight excluding hydrogens is 548 g/mol. The number of aliphatic hydroxyl groups excluding tert-OH is 1. The molecule has 9 heteroatoms. The van der Waals surface area contributed by atoms with Gasteiger partial charge in [0.25, 0.3) is 5.91 Å². The van der Waals surface area contributed by atoms with Crippen molar-refractivity contribution >= 4 is 29.1 Å². The van der Waals surface area contributed by atoms with Gasteiger partial charge in [-0.2, -0.15) is 0 Å². The van der Waals surface area contributed by atoms with Crippen LogP contribution in [0.5, 0.6) is 0 Å². The molecule has 222 valence electrons. The van der Waals surface area contributed by atoms with Crippen LogP contribution >= 0.6 is 11.3 Å². The molecule has 0 aliphatic carbocycles. The number of hydrogen-bond donors (Lipinski definition) is 2. The number of β-amino-alcohol motifs (C(OH)–C–C–N with tert-alkyl or cyclic N) is 1. The largest absolute Gasteiger partial charge is 0.391 e. The van der Waals surface area contributed by atoms with Crippen molar-refractivity contribution < 1.29 is 19.5 Å². The number of carbonyl (C=O) groups excluding carboxylic acids is 3. The Morgan fingerprint density at radius 2 is 1.93 bits per heavy atom. The SMILES string of the molecule is CCCc1cc(CNC(=O)C2CC(O)CN2C(=O)C(N2Cc3ccccc3C2=O)C(C)(C)C)ccc1-c1scnc1C. The van der Waals surface area contributed by atoms with Crippen LogP contribution in [-0.4, -0.2) is 62.3 Å². The van der Waals surface area contributed by atoms with Gasteiger partial charge >= 0.3 is 0 Å². The first-order valence-electron chi connectivity index (χ1n) is 14.7. The van der Waals surface area contributed by atoms with Gasteiger partial charge in [0.2, 0.25) is 11.8 Å². The number of aromatic nitrogens is 1. The van der Waals surface area contributed by atoms with Crippen LogP contribution in [0, 0.1) is 12.3 Å². The second-order valence-corrected chi connectivity index (χ2v) is 13.3. The van der Waals surface area contributed by atoms with Crippen molar-refractivity contribution in [3.8, 4) is 10.4 Å². The fraction of sp³-hybridized carbons (Fsp3) is 0.455. The molecule has 42 heavy (non-hydrogen) atoms. The highest BCUT2D eigenvalue weighted by atomic mass is 32.1. The quantitative estimate of drug-likeness (QED) is 0.397. The van der Waals surface area contributed by atoms with Gasteiger partial charge in [-0.3, -0.25) is 14.4 Å². The molecule has 5 rings (SSSR count). The van der Waals surface area contributed by atoms with Crippen LogP contribution in [0.2, 0.25) is 0 Å². The molecule has 8 nitrogen and oxygen atoms in total. The number of carbonyl (C=O) groups is 3. The molecule has 1 aromatic heterocycles. The van der Waals surface area contributed by atoms with Gasteiger partial charge in [0.15, 0.2) is 0 Å². The van der Waals surface area contributed by atoms with E-state index in [1.165, 1.54) is 16.0 Å². The molecule has 3 unspecified atom stereocenters. The van der Waals surface area contributed by atoms with E-state index in [2.05, 4.69) is 29.4 Å². The van der Waals surface area contributed by atoms with Crippen molar-refractivity contribution in [2.24, 2.45) is 5.41 Å². The molecule has 3 heterocycles. The van der Waals surface area contributed by atoms with Crippen LogP contribution < -0.4 is 5.32 Å². The van der Waals surface area contributed by atoms with Gasteiger partial charge in [-0.1, -0.05) is 70.5 Å². The maximum absolute atomic E-state index is 14.1. The van der Waals surface area contributed by atoms with Gasteiger partial charge in [-0.15, -0.1) is 11.3 Å². The highest BCUT2D eigenvalue weighted by molar-refractivity contribution is 7.13. The zero-order valence-corrected chi connectivity index (χ0v) is 25.8. The van der Waals surface area contributed by atoms with E-state index in [-0.39, 0.29) is 30.7 Å². The molecule has 2 N–H and O–H groups in total. The number of rotatable bonds is 8. The van der Waals surface area contributed by atoms with Crippen molar-refractivity contribution in [2.45, 2.75) is 85.2 Å². The molecule has 0 spiro atoms. The molecule has 0 saturated carbocycles. The summed E-state index contributed by atoms with van der Waals surface area (Å²) >= 11 is 1.63. The van der Waals surface area contributed by atoms with Crippen molar-refractivity contribution in [1.29, 1.82) is 0 Å². The highest BCUT2D eigenvalue weighted by Gasteiger charge is 2.48. The molecular formula is C33H40N4O4S. The molecule has 2 aromatic carbocycles. The van der Waals surface area contributed by atoms with Gasteiger partial charge in [-0.05, 0) is 47.1 Å². The van der Waals surface area contributed by atoms with Crippen LogP contribution in [-0.2, 0) is 29.1 Å².